The Balaban J connectivity index is 1.43. The molecule has 2 saturated heterocycles. The average molecular weight is 396 g/mol. The topological polar surface area (TPSA) is 57.9 Å². The van der Waals surface area contributed by atoms with Crippen LogP contribution in [0.2, 0.25) is 0 Å². The number of hydrogen-bond acceptors (Lipinski definition) is 4. The monoisotopic (exact) mass is 395 g/mol. The summed E-state index contributed by atoms with van der Waals surface area (Å²) >= 11 is 0. The van der Waals surface area contributed by atoms with E-state index in [1.165, 1.54) is 0 Å². The van der Waals surface area contributed by atoms with E-state index in [0.29, 0.717) is 38.8 Å². The Morgan fingerprint density at radius 2 is 1.79 bits per heavy atom. The molecule has 1 aromatic heterocycles. The zero-order valence-corrected chi connectivity index (χ0v) is 16.7. The van der Waals surface area contributed by atoms with Crippen molar-refractivity contribution in [2.24, 2.45) is 0 Å². The number of carbonyl (C=O) groups excluding carboxylic acids is 1. The fraction of sp³-hybridized carbons (Fsp3) is 0.522. The molecule has 0 spiro atoms. The average Bonchev–Trinajstić information content (AvgIpc) is 3.51. The number of carbonyl (C=O) groups is 1. The van der Waals surface area contributed by atoms with Crippen molar-refractivity contribution in [3.63, 3.8) is 0 Å². The van der Waals surface area contributed by atoms with E-state index in [1.54, 1.807) is 0 Å². The minimum Gasteiger partial charge on any atom is -0.383 e. The van der Waals surface area contributed by atoms with Crippen LogP contribution >= 0.6 is 0 Å². The van der Waals surface area contributed by atoms with E-state index in [1.807, 2.05) is 53.6 Å². The zero-order valence-electron chi connectivity index (χ0n) is 16.7. The maximum Gasteiger partial charge on any atom is 0.270 e. The molecule has 154 valence electrons. The Bertz CT molecular complexity index is 857. The van der Waals surface area contributed by atoms with Crippen LogP contribution in [0.25, 0.3) is 0 Å². The van der Waals surface area contributed by atoms with Gasteiger partial charge in [0.2, 0.25) is 0 Å². The van der Waals surface area contributed by atoms with Crippen LogP contribution in [-0.4, -0.2) is 70.8 Å². The second-order valence-corrected chi connectivity index (χ2v) is 8.49. The molecule has 6 heteroatoms. The van der Waals surface area contributed by atoms with Crippen LogP contribution in [0.3, 0.4) is 0 Å². The molecule has 5 rings (SSSR count). The second-order valence-electron chi connectivity index (χ2n) is 8.49. The van der Waals surface area contributed by atoms with E-state index in [4.69, 9.17) is 4.74 Å². The molecule has 1 amide bonds. The number of piperidine rings is 1. The zero-order chi connectivity index (χ0) is 19.8. The summed E-state index contributed by atoms with van der Waals surface area (Å²) in [6.07, 6.45) is 4.86. The van der Waals surface area contributed by atoms with E-state index < -0.39 is 5.60 Å². The van der Waals surface area contributed by atoms with E-state index in [-0.39, 0.29) is 11.9 Å². The van der Waals surface area contributed by atoms with Crippen LogP contribution in [0.15, 0.2) is 48.7 Å². The van der Waals surface area contributed by atoms with Gasteiger partial charge >= 0.3 is 0 Å². The van der Waals surface area contributed by atoms with E-state index in [9.17, 15) is 9.90 Å². The first kappa shape index (κ1) is 18.9. The van der Waals surface area contributed by atoms with Gasteiger partial charge in [-0.05, 0) is 37.0 Å². The van der Waals surface area contributed by atoms with Crippen LogP contribution in [0.5, 0.6) is 0 Å². The number of ether oxygens (including phenoxy) is 1. The van der Waals surface area contributed by atoms with Gasteiger partial charge in [0.15, 0.2) is 0 Å². The molecule has 6 nitrogen and oxygen atoms in total. The van der Waals surface area contributed by atoms with E-state index in [2.05, 4.69) is 9.47 Å². The number of morpholine rings is 1. The summed E-state index contributed by atoms with van der Waals surface area (Å²) in [5.74, 6) is 0.0790. The van der Waals surface area contributed by atoms with Gasteiger partial charge in [0.05, 0.1) is 19.3 Å². The number of aromatic nitrogens is 1. The number of amides is 1. The number of nitrogens with zero attached hydrogens (tertiary/aromatic N) is 3. The third-order valence-corrected chi connectivity index (χ3v) is 6.69. The lowest BCUT2D eigenvalue weighted by atomic mass is 9.79. The van der Waals surface area contributed by atoms with Crippen molar-refractivity contribution in [1.82, 2.24) is 14.4 Å². The van der Waals surface area contributed by atoms with Gasteiger partial charge in [-0.15, -0.1) is 0 Å². The molecule has 3 fully saturated rings. The van der Waals surface area contributed by atoms with E-state index >= 15 is 0 Å². The highest BCUT2D eigenvalue weighted by Gasteiger charge is 2.47. The summed E-state index contributed by atoms with van der Waals surface area (Å²) in [5, 5.41) is 11.8. The standard InChI is InChI=1S/C23H29N3O3/c27-22(20-7-4-11-26(20)19-8-9-19)25-12-10-23(28,18-5-2-1-3-6-18)21(17-25)24-13-15-29-16-14-24/h1-7,11,19,21,28H,8-10,12-17H2/t21-,23+/m1/s1. The Kier molecular flexibility index (Phi) is 4.94. The molecular weight excluding hydrogens is 366 g/mol. The van der Waals surface area contributed by atoms with Crippen molar-refractivity contribution in [2.45, 2.75) is 36.9 Å². The van der Waals surface area contributed by atoms with Gasteiger partial charge in [-0.3, -0.25) is 9.69 Å². The van der Waals surface area contributed by atoms with Crippen molar-refractivity contribution in [2.75, 3.05) is 39.4 Å². The Morgan fingerprint density at radius 3 is 2.52 bits per heavy atom. The van der Waals surface area contributed by atoms with Gasteiger partial charge in [-0.2, -0.15) is 0 Å². The maximum absolute atomic E-state index is 13.4. The van der Waals surface area contributed by atoms with Gasteiger partial charge in [0.25, 0.3) is 5.91 Å². The molecule has 29 heavy (non-hydrogen) atoms. The van der Waals surface area contributed by atoms with Crippen LogP contribution in [-0.2, 0) is 10.3 Å². The minimum atomic E-state index is -0.964. The highest BCUT2D eigenvalue weighted by atomic mass is 16.5. The predicted molar refractivity (Wildman–Crippen MR) is 110 cm³/mol. The number of rotatable bonds is 4. The van der Waals surface area contributed by atoms with Gasteiger partial charge < -0.3 is 19.3 Å². The molecule has 1 aromatic carbocycles. The number of hydrogen-bond donors (Lipinski definition) is 1. The fourth-order valence-corrected chi connectivity index (χ4v) is 4.89. The first-order valence-corrected chi connectivity index (χ1v) is 10.7. The molecule has 1 aliphatic carbocycles. The third kappa shape index (κ3) is 3.50. The summed E-state index contributed by atoms with van der Waals surface area (Å²) in [5.41, 5.74) is 0.747. The highest BCUT2D eigenvalue weighted by molar-refractivity contribution is 5.93. The summed E-state index contributed by atoms with van der Waals surface area (Å²) < 4.78 is 7.67. The fourth-order valence-electron chi connectivity index (χ4n) is 4.89. The molecule has 0 radical (unpaired) electrons. The lowest BCUT2D eigenvalue weighted by molar-refractivity contribution is -0.112. The predicted octanol–water partition coefficient (Wildman–Crippen LogP) is 2.26. The smallest absolute Gasteiger partial charge is 0.270 e. The van der Waals surface area contributed by atoms with Gasteiger partial charge in [-0.1, -0.05) is 30.3 Å². The molecular formula is C23H29N3O3. The van der Waals surface area contributed by atoms with Crippen LogP contribution < -0.4 is 0 Å². The SMILES string of the molecule is O=C(c1cccn1C1CC1)N1CC[C@](O)(c2ccccc2)[C@H](N2CCOCC2)C1. The summed E-state index contributed by atoms with van der Waals surface area (Å²) in [6, 6.07) is 14.2. The van der Waals surface area contributed by atoms with Gasteiger partial charge in [0.1, 0.15) is 11.3 Å². The minimum absolute atomic E-state index is 0.0790. The summed E-state index contributed by atoms with van der Waals surface area (Å²) in [7, 11) is 0. The molecule has 0 unspecified atom stereocenters. The molecule has 3 heterocycles. The molecule has 1 N–H and O–H groups in total. The first-order chi connectivity index (χ1) is 14.2. The van der Waals surface area contributed by atoms with Crippen molar-refractivity contribution in [3.8, 4) is 0 Å². The van der Waals surface area contributed by atoms with Crippen molar-refractivity contribution >= 4 is 5.91 Å². The summed E-state index contributed by atoms with van der Waals surface area (Å²) in [4.78, 5) is 17.6. The van der Waals surface area contributed by atoms with Gasteiger partial charge in [-0.25, -0.2) is 0 Å². The van der Waals surface area contributed by atoms with Crippen molar-refractivity contribution in [1.29, 1.82) is 0 Å². The molecule has 2 aliphatic heterocycles. The second kappa shape index (κ2) is 7.59. The van der Waals surface area contributed by atoms with Crippen molar-refractivity contribution < 1.29 is 14.6 Å². The van der Waals surface area contributed by atoms with Gasteiger partial charge in [0, 0.05) is 38.4 Å². The lowest BCUT2D eigenvalue weighted by Gasteiger charge is -2.50. The number of likely N-dealkylation sites (tertiary alicyclic amines) is 1. The molecule has 1 saturated carbocycles. The normalized spacial score (nSPS) is 28.4. The van der Waals surface area contributed by atoms with Crippen LogP contribution in [0.1, 0.15) is 41.4 Å². The number of benzene rings is 1. The Labute approximate surface area is 171 Å². The first-order valence-electron chi connectivity index (χ1n) is 10.7. The molecule has 3 aliphatic rings. The summed E-state index contributed by atoms with van der Waals surface area (Å²) in [6.45, 7) is 3.97. The molecule has 2 atom stereocenters. The highest BCUT2D eigenvalue weighted by Crippen LogP contribution is 2.38. The Morgan fingerprint density at radius 1 is 1.03 bits per heavy atom. The number of aliphatic hydroxyl groups is 1. The molecule has 2 aromatic rings. The van der Waals surface area contributed by atoms with Crippen molar-refractivity contribution in [3.05, 3.63) is 59.9 Å². The largest absolute Gasteiger partial charge is 0.383 e. The van der Waals surface area contributed by atoms with Crippen LogP contribution in [0.4, 0.5) is 0 Å². The lowest BCUT2D eigenvalue weighted by Crippen LogP contribution is -2.63. The maximum atomic E-state index is 13.4. The quantitative estimate of drug-likeness (QED) is 0.863. The third-order valence-electron chi connectivity index (χ3n) is 6.69. The molecule has 0 bridgehead atoms. The van der Waals surface area contributed by atoms with E-state index in [0.717, 1.165) is 37.2 Å². The van der Waals surface area contributed by atoms with Crippen LogP contribution in [0, 0.1) is 0 Å². The Hall–Kier alpha value is -2.15.